The first-order valence-corrected chi connectivity index (χ1v) is 7.87. The van der Waals surface area contributed by atoms with Gasteiger partial charge in [-0.15, -0.1) is 0 Å². The lowest BCUT2D eigenvalue weighted by atomic mass is 10.2. The van der Waals surface area contributed by atoms with Crippen molar-refractivity contribution in [2.45, 2.75) is 18.9 Å². The topological polar surface area (TPSA) is 85.4 Å². The number of nitrogens with zero attached hydrogens (tertiary/aromatic N) is 2. The second kappa shape index (κ2) is 7.74. The lowest BCUT2D eigenvalue weighted by Crippen LogP contribution is -2.31. The average Bonchev–Trinajstić information content (AvgIpc) is 3.14. The Kier molecular flexibility index (Phi) is 5.22. The van der Waals surface area contributed by atoms with Gasteiger partial charge in [-0.05, 0) is 37.1 Å². The maximum atomic E-state index is 12.1. The molecule has 24 heavy (non-hydrogen) atoms. The van der Waals surface area contributed by atoms with Crippen LogP contribution in [0.15, 0.2) is 36.7 Å². The van der Waals surface area contributed by atoms with Crippen molar-refractivity contribution in [1.29, 1.82) is 0 Å². The zero-order chi connectivity index (χ0) is 16.8. The molecular formula is C17H20N4O3. The molecule has 2 heterocycles. The van der Waals surface area contributed by atoms with Gasteiger partial charge in [-0.1, -0.05) is 0 Å². The van der Waals surface area contributed by atoms with E-state index in [4.69, 9.17) is 9.47 Å². The molecule has 1 saturated heterocycles. The molecular weight excluding hydrogens is 308 g/mol. The molecule has 0 spiro atoms. The fourth-order valence-electron chi connectivity index (χ4n) is 2.43. The van der Waals surface area contributed by atoms with Crippen LogP contribution in [-0.4, -0.2) is 42.2 Å². The maximum absolute atomic E-state index is 12.1. The lowest BCUT2D eigenvalue weighted by Gasteiger charge is -2.10. The van der Waals surface area contributed by atoms with Gasteiger partial charge >= 0.3 is 0 Å². The second-order valence-electron chi connectivity index (χ2n) is 5.49. The van der Waals surface area contributed by atoms with Crippen LogP contribution in [0.2, 0.25) is 0 Å². The van der Waals surface area contributed by atoms with E-state index in [1.165, 1.54) is 12.4 Å². The largest absolute Gasteiger partial charge is 0.497 e. The quantitative estimate of drug-likeness (QED) is 0.845. The van der Waals surface area contributed by atoms with Crippen LogP contribution in [0.4, 0.5) is 11.6 Å². The molecule has 2 aromatic rings. The Morgan fingerprint density at radius 2 is 2.04 bits per heavy atom. The molecule has 3 rings (SSSR count). The van der Waals surface area contributed by atoms with Crippen LogP contribution in [0.5, 0.6) is 5.75 Å². The van der Waals surface area contributed by atoms with Crippen LogP contribution >= 0.6 is 0 Å². The van der Waals surface area contributed by atoms with Gasteiger partial charge in [0.15, 0.2) is 0 Å². The first-order chi connectivity index (χ1) is 11.7. The monoisotopic (exact) mass is 328 g/mol. The SMILES string of the molecule is COc1ccc(Nc2ncc(C(=O)NCC3CCCO3)cn2)cc1. The zero-order valence-corrected chi connectivity index (χ0v) is 13.5. The van der Waals surface area contributed by atoms with Crippen molar-refractivity contribution in [2.24, 2.45) is 0 Å². The summed E-state index contributed by atoms with van der Waals surface area (Å²) in [4.78, 5) is 20.4. The summed E-state index contributed by atoms with van der Waals surface area (Å²) in [6.45, 7) is 1.29. The molecule has 2 N–H and O–H groups in total. The second-order valence-corrected chi connectivity index (χ2v) is 5.49. The van der Waals surface area contributed by atoms with Gasteiger partial charge in [-0.3, -0.25) is 4.79 Å². The van der Waals surface area contributed by atoms with Crippen LogP contribution in [0.3, 0.4) is 0 Å². The Balaban J connectivity index is 1.54. The first kappa shape index (κ1) is 16.2. The van der Waals surface area contributed by atoms with Crippen molar-refractivity contribution >= 4 is 17.5 Å². The van der Waals surface area contributed by atoms with Crippen molar-refractivity contribution < 1.29 is 14.3 Å². The summed E-state index contributed by atoms with van der Waals surface area (Å²) >= 11 is 0. The predicted molar refractivity (Wildman–Crippen MR) is 89.6 cm³/mol. The van der Waals surface area contributed by atoms with E-state index in [0.717, 1.165) is 30.9 Å². The van der Waals surface area contributed by atoms with Gasteiger partial charge in [0.1, 0.15) is 5.75 Å². The van der Waals surface area contributed by atoms with Crippen LogP contribution in [0, 0.1) is 0 Å². The average molecular weight is 328 g/mol. The molecule has 1 fully saturated rings. The van der Waals surface area contributed by atoms with Gasteiger partial charge in [0, 0.05) is 31.2 Å². The summed E-state index contributed by atoms with van der Waals surface area (Å²) in [6.07, 6.45) is 5.16. The number of methoxy groups -OCH3 is 1. The zero-order valence-electron chi connectivity index (χ0n) is 13.5. The van der Waals surface area contributed by atoms with Crippen LogP contribution in [0.1, 0.15) is 23.2 Å². The van der Waals surface area contributed by atoms with E-state index in [-0.39, 0.29) is 12.0 Å². The molecule has 126 valence electrons. The number of hydrogen-bond donors (Lipinski definition) is 2. The molecule has 0 bridgehead atoms. The summed E-state index contributed by atoms with van der Waals surface area (Å²) < 4.78 is 10.6. The molecule has 1 aliphatic rings. The molecule has 1 aromatic carbocycles. The summed E-state index contributed by atoms with van der Waals surface area (Å²) in [6, 6.07) is 7.42. The van der Waals surface area contributed by atoms with Crippen molar-refractivity contribution in [1.82, 2.24) is 15.3 Å². The molecule has 1 atom stereocenters. The van der Waals surface area contributed by atoms with Crippen molar-refractivity contribution in [3.63, 3.8) is 0 Å². The van der Waals surface area contributed by atoms with Gasteiger partial charge in [0.05, 0.1) is 18.8 Å². The molecule has 0 saturated carbocycles. The van der Waals surface area contributed by atoms with E-state index >= 15 is 0 Å². The Labute approximate surface area is 140 Å². The number of anilines is 2. The van der Waals surface area contributed by atoms with E-state index in [9.17, 15) is 4.79 Å². The van der Waals surface area contributed by atoms with Crippen LogP contribution in [0.25, 0.3) is 0 Å². The molecule has 0 radical (unpaired) electrons. The fraction of sp³-hybridized carbons (Fsp3) is 0.353. The fourth-order valence-corrected chi connectivity index (χ4v) is 2.43. The number of carbonyl (C=O) groups excluding carboxylic acids is 1. The Morgan fingerprint density at radius 3 is 2.67 bits per heavy atom. The standard InChI is InChI=1S/C17H20N4O3/c1-23-14-6-4-13(5-7-14)21-17-19-9-12(10-20-17)16(22)18-11-15-3-2-8-24-15/h4-7,9-10,15H,2-3,8,11H2,1H3,(H,18,22)(H,19,20,21). The minimum Gasteiger partial charge on any atom is -0.497 e. The molecule has 1 aliphatic heterocycles. The van der Waals surface area contributed by atoms with Gasteiger partial charge in [-0.2, -0.15) is 0 Å². The highest BCUT2D eigenvalue weighted by Gasteiger charge is 2.16. The summed E-state index contributed by atoms with van der Waals surface area (Å²) in [7, 11) is 1.62. The minimum atomic E-state index is -0.193. The lowest BCUT2D eigenvalue weighted by molar-refractivity contribution is 0.0857. The number of ether oxygens (including phenoxy) is 2. The molecule has 7 heteroatoms. The smallest absolute Gasteiger partial charge is 0.254 e. The normalized spacial score (nSPS) is 16.6. The molecule has 0 aliphatic carbocycles. The minimum absolute atomic E-state index is 0.117. The first-order valence-electron chi connectivity index (χ1n) is 7.87. The number of hydrogen-bond acceptors (Lipinski definition) is 6. The van der Waals surface area contributed by atoms with Crippen molar-refractivity contribution in [2.75, 3.05) is 25.6 Å². The molecule has 1 unspecified atom stereocenters. The Hall–Kier alpha value is -2.67. The maximum Gasteiger partial charge on any atom is 0.254 e. The molecule has 1 aromatic heterocycles. The summed E-state index contributed by atoms with van der Waals surface area (Å²) in [5.41, 5.74) is 1.26. The number of carbonyl (C=O) groups is 1. The van der Waals surface area contributed by atoms with Crippen molar-refractivity contribution in [3.8, 4) is 5.75 Å². The van der Waals surface area contributed by atoms with Crippen LogP contribution in [-0.2, 0) is 4.74 Å². The molecule has 7 nitrogen and oxygen atoms in total. The number of rotatable bonds is 6. The molecule has 1 amide bonds. The van der Waals surface area contributed by atoms with E-state index in [1.807, 2.05) is 24.3 Å². The summed E-state index contributed by atoms with van der Waals surface area (Å²) in [5.74, 6) is 1.01. The highest BCUT2D eigenvalue weighted by Crippen LogP contribution is 2.17. The number of benzene rings is 1. The van der Waals surface area contributed by atoms with E-state index in [2.05, 4.69) is 20.6 Å². The number of aromatic nitrogens is 2. The Bertz CT molecular complexity index is 667. The van der Waals surface area contributed by atoms with Crippen molar-refractivity contribution in [3.05, 3.63) is 42.2 Å². The van der Waals surface area contributed by atoms with E-state index in [1.54, 1.807) is 7.11 Å². The van der Waals surface area contributed by atoms with Crippen LogP contribution < -0.4 is 15.4 Å². The third-order valence-corrected chi connectivity index (χ3v) is 3.77. The predicted octanol–water partition coefficient (Wildman–Crippen LogP) is 2.14. The highest BCUT2D eigenvalue weighted by molar-refractivity contribution is 5.93. The van der Waals surface area contributed by atoms with E-state index in [0.29, 0.717) is 18.1 Å². The van der Waals surface area contributed by atoms with E-state index < -0.39 is 0 Å². The third-order valence-electron chi connectivity index (χ3n) is 3.77. The summed E-state index contributed by atoms with van der Waals surface area (Å²) in [5, 5.41) is 5.91. The number of amides is 1. The van der Waals surface area contributed by atoms with Gasteiger partial charge in [0.25, 0.3) is 5.91 Å². The number of nitrogens with one attached hydrogen (secondary N) is 2. The van der Waals surface area contributed by atoms with Gasteiger partial charge in [-0.25, -0.2) is 9.97 Å². The van der Waals surface area contributed by atoms with Gasteiger partial charge in [0.2, 0.25) is 5.95 Å². The van der Waals surface area contributed by atoms with Gasteiger partial charge < -0.3 is 20.1 Å². The highest BCUT2D eigenvalue weighted by atomic mass is 16.5. The third kappa shape index (κ3) is 4.20. The Morgan fingerprint density at radius 1 is 1.29 bits per heavy atom.